The lowest BCUT2D eigenvalue weighted by Crippen LogP contribution is -2.22. The predicted molar refractivity (Wildman–Crippen MR) is 93.7 cm³/mol. The van der Waals surface area contributed by atoms with Crippen LogP contribution in [-0.4, -0.2) is 6.04 Å². The average molecular weight is 371 g/mol. The molecular formula is C18H14IN. The lowest BCUT2D eigenvalue weighted by molar-refractivity contribution is 0.893. The molecule has 1 unspecified atom stereocenters. The molecule has 0 bridgehead atoms. The highest BCUT2D eigenvalue weighted by Crippen LogP contribution is 2.46. The third-order valence-electron chi connectivity index (χ3n) is 4.06. The number of rotatable bonds is 1. The van der Waals surface area contributed by atoms with Gasteiger partial charge in [0.25, 0.3) is 0 Å². The third-order valence-corrected chi connectivity index (χ3v) is 5.25. The summed E-state index contributed by atoms with van der Waals surface area (Å²) in [6.07, 6.45) is 5.80. The van der Waals surface area contributed by atoms with E-state index in [-0.39, 0.29) is 0 Å². The molecule has 1 aliphatic carbocycles. The molecule has 2 aliphatic rings. The Kier molecular flexibility index (Phi) is 2.91. The van der Waals surface area contributed by atoms with Crippen LogP contribution in [0, 0.1) is 0 Å². The van der Waals surface area contributed by atoms with Gasteiger partial charge in [0.2, 0.25) is 0 Å². The molecule has 98 valence electrons. The van der Waals surface area contributed by atoms with E-state index in [0.717, 1.165) is 6.42 Å². The molecule has 20 heavy (non-hydrogen) atoms. The zero-order chi connectivity index (χ0) is 13.5. The molecule has 0 fully saturated rings. The third kappa shape index (κ3) is 1.82. The molecule has 1 atom stereocenters. The normalized spacial score (nSPS) is 20.1. The van der Waals surface area contributed by atoms with Gasteiger partial charge < -0.3 is 3.11 Å². The van der Waals surface area contributed by atoms with Crippen molar-refractivity contribution in [2.24, 2.45) is 0 Å². The summed E-state index contributed by atoms with van der Waals surface area (Å²) in [7, 11) is 0. The van der Waals surface area contributed by atoms with Crippen LogP contribution in [0.25, 0.3) is 11.1 Å². The van der Waals surface area contributed by atoms with Gasteiger partial charge in [-0.05, 0) is 35.3 Å². The van der Waals surface area contributed by atoms with Gasteiger partial charge in [0, 0.05) is 5.56 Å². The molecule has 0 N–H and O–H groups in total. The summed E-state index contributed by atoms with van der Waals surface area (Å²) in [5, 5.41) is 0. The minimum Gasteiger partial charge on any atom is -0.306 e. The second kappa shape index (κ2) is 4.77. The SMILES string of the molecule is IN1c2ccccc2C2=CC(c3ccccc3)=CCC21. The molecule has 1 aliphatic heterocycles. The van der Waals surface area contributed by atoms with Crippen LogP contribution in [0.15, 0.2) is 66.7 Å². The highest BCUT2D eigenvalue weighted by Gasteiger charge is 2.33. The van der Waals surface area contributed by atoms with E-state index in [1.165, 1.54) is 28.0 Å². The number of benzene rings is 2. The molecule has 0 spiro atoms. The first-order chi connectivity index (χ1) is 9.84. The number of hydrogen-bond donors (Lipinski definition) is 0. The van der Waals surface area contributed by atoms with E-state index in [9.17, 15) is 0 Å². The lowest BCUT2D eigenvalue weighted by atomic mass is 9.90. The Morgan fingerprint density at radius 3 is 2.55 bits per heavy atom. The zero-order valence-corrected chi connectivity index (χ0v) is 13.1. The van der Waals surface area contributed by atoms with Crippen molar-refractivity contribution in [2.75, 3.05) is 3.11 Å². The summed E-state index contributed by atoms with van der Waals surface area (Å²) >= 11 is 2.44. The number of allylic oxidation sites excluding steroid dienone is 2. The van der Waals surface area contributed by atoms with Crippen molar-refractivity contribution in [3.8, 4) is 0 Å². The van der Waals surface area contributed by atoms with Gasteiger partial charge in [0.1, 0.15) is 0 Å². The van der Waals surface area contributed by atoms with Crippen molar-refractivity contribution >= 4 is 39.7 Å². The van der Waals surface area contributed by atoms with Gasteiger partial charge in [-0.15, -0.1) is 0 Å². The fourth-order valence-corrected chi connectivity index (χ4v) is 4.01. The first-order valence-electron chi connectivity index (χ1n) is 6.86. The number of fused-ring (bicyclic) bond motifs is 3. The zero-order valence-electron chi connectivity index (χ0n) is 11.0. The summed E-state index contributed by atoms with van der Waals surface area (Å²) < 4.78 is 2.37. The molecule has 2 aromatic rings. The van der Waals surface area contributed by atoms with Gasteiger partial charge >= 0.3 is 0 Å². The number of halogens is 1. The Morgan fingerprint density at radius 2 is 1.70 bits per heavy atom. The number of nitrogens with zero attached hydrogens (tertiary/aromatic N) is 1. The Hall–Kier alpha value is -1.55. The number of para-hydroxylation sites is 1. The maximum Gasteiger partial charge on any atom is 0.0683 e. The monoisotopic (exact) mass is 371 g/mol. The fraction of sp³-hybridized carbons (Fsp3) is 0.111. The van der Waals surface area contributed by atoms with E-state index in [1.807, 2.05) is 0 Å². The van der Waals surface area contributed by atoms with Gasteiger partial charge in [-0.2, -0.15) is 0 Å². The van der Waals surface area contributed by atoms with E-state index in [2.05, 4.69) is 92.7 Å². The van der Waals surface area contributed by atoms with Crippen molar-refractivity contribution in [1.82, 2.24) is 0 Å². The first-order valence-corrected chi connectivity index (χ1v) is 7.82. The molecule has 1 nitrogen and oxygen atoms in total. The molecule has 0 radical (unpaired) electrons. The summed E-state index contributed by atoms with van der Waals surface area (Å²) in [5.41, 5.74) is 6.83. The summed E-state index contributed by atoms with van der Waals surface area (Å²) in [6, 6.07) is 19.8. The minimum atomic E-state index is 0.487. The summed E-state index contributed by atoms with van der Waals surface area (Å²) in [5.74, 6) is 0. The predicted octanol–water partition coefficient (Wildman–Crippen LogP) is 5.10. The van der Waals surface area contributed by atoms with Gasteiger partial charge in [0.15, 0.2) is 0 Å². The highest BCUT2D eigenvalue weighted by molar-refractivity contribution is 14.1. The van der Waals surface area contributed by atoms with Gasteiger partial charge in [0.05, 0.1) is 34.6 Å². The van der Waals surface area contributed by atoms with Crippen LogP contribution in [0.3, 0.4) is 0 Å². The van der Waals surface area contributed by atoms with Crippen LogP contribution < -0.4 is 3.11 Å². The molecule has 2 heteroatoms. The second-order valence-electron chi connectivity index (χ2n) is 5.21. The van der Waals surface area contributed by atoms with Crippen molar-refractivity contribution in [3.05, 3.63) is 77.9 Å². The molecule has 4 rings (SSSR count). The Labute approximate surface area is 133 Å². The average Bonchev–Trinajstić information content (AvgIpc) is 2.81. The Balaban J connectivity index is 1.81. The highest BCUT2D eigenvalue weighted by atomic mass is 127. The fourth-order valence-electron chi connectivity index (χ4n) is 3.06. The smallest absolute Gasteiger partial charge is 0.0683 e. The van der Waals surface area contributed by atoms with E-state index in [1.54, 1.807) is 0 Å². The van der Waals surface area contributed by atoms with Crippen LogP contribution in [0.5, 0.6) is 0 Å². The van der Waals surface area contributed by atoms with Crippen molar-refractivity contribution < 1.29 is 0 Å². The Bertz CT molecular complexity index is 715. The Morgan fingerprint density at radius 1 is 0.950 bits per heavy atom. The molecular weight excluding hydrogens is 357 g/mol. The largest absolute Gasteiger partial charge is 0.306 e. The van der Waals surface area contributed by atoms with E-state index < -0.39 is 0 Å². The second-order valence-corrected chi connectivity index (χ2v) is 6.24. The lowest BCUT2D eigenvalue weighted by Gasteiger charge is -2.23. The standard InChI is InChI=1S/C18H14IN/c19-20-17-9-5-4-8-15(17)16-12-14(10-11-18(16)20)13-6-2-1-3-7-13/h1-10,12,18H,11H2. The van der Waals surface area contributed by atoms with Crippen LogP contribution in [0.1, 0.15) is 17.5 Å². The molecule has 0 aromatic heterocycles. The van der Waals surface area contributed by atoms with Crippen molar-refractivity contribution in [2.45, 2.75) is 12.5 Å². The van der Waals surface area contributed by atoms with Crippen LogP contribution in [0.4, 0.5) is 5.69 Å². The number of hydrogen-bond acceptors (Lipinski definition) is 1. The van der Waals surface area contributed by atoms with Gasteiger partial charge in [-0.25, -0.2) is 0 Å². The van der Waals surface area contributed by atoms with Gasteiger partial charge in [-0.1, -0.05) is 54.6 Å². The molecule has 2 aromatic carbocycles. The topological polar surface area (TPSA) is 3.24 Å². The molecule has 1 heterocycles. The quantitative estimate of drug-likeness (QED) is 0.498. The van der Waals surface area contributed by atoms with E-state index in [0.29, 0.717) is 6.04 Å². The van der Waals surface area contributed by atoms with Crippen LogP contribution in [0.2, 0.25) is 0 Å². The van der Waals surface area contributed by atoms with Gasteiger partial charge in [-0.3, -0.25) is 0 Å². The maximum atomic E-state index is 2.44. The summed E-state index contributed by atoms with van der Waals surface area (Å²) in [6.45, 7) is 0. The molecule has 0 amide bonds. The van der Waals surface area contributed by atoms with Crippen LogP contribution >= 0.6 is 22.9 Å². The van der Waals surface area contributed by atoms with Crippen molar-refractivity contribution in [1.29, 1.82) is 0 Å². The summed E-state index contributed by atoms with van der Waals surface area (Å²) in [4.78, 5) is 0. The van der Waals surface area contributed by atoms with Crippen molar-refractivity contribution in [3.63, 3.8) is 0 Å². The van der Waals surface area contributed by atoms with E-state index in [4.69, 9.17) is 0 Å². The first kappa shape index (κ1) is 12.2. The number of anilines is 1. The minimum absolute atomic E-state index is 0.487. The van der Waals surface area contributed by atoms with E-state index >= 15 is 0 Å². The van der Waals surface area contributed by atoms with Crippen LogP contribution in [-0.2, 0) is 0 Å². The molecule has 0 saturated carbocycles. The maximum absolute atomic E-state index is 2.44. The molecule has 0 saturated heterocycles.